The molecule has 1 heterocycles. The molecule has 1 saturated heterocycles. The molecule has 1 fully saturated rings. The monoisotopic (exact) mass is 269 g/mol. The Morgan fingerprint density at radius 2 is 2.17 bits per heavy atom. The summed E-state index contributed by atoms with van der Waals surface area (Å²) < 4.78 is 0. The first-order valence-corrected chi connectivity index (χ1v) is 6.91. The van der Waals surface area contributed by atoms with Crippen LogP contribution in [0.15, 0.2) is 18.2 Å². The van der Waals surface area contributed by atoms with Gasteiger partial charge in [0.15, 0.2) is 0 Å². The predicted molar refractivity (Wildman–Crippen MR) is 74.1 cm³/mol. The second-order valence-electron chi connectivity index (χ2n) is 4.75. The zero-order valence-corrected chi connectivity index (χ0v) is 11.2. The zero-order chi connectivity index (χ0) is 13.0. The summed E-state index contributed by atoms with van der Waals surface area (Å²) in [5, 5.41) is 19.0. The van der Waals surface area contributed by atoms with Crippen LogP contribution in [0.2, 0.25) is 5.02 Å². The van der Waals surface area contributed by atoms with Gasteiger partial charge in [-0.1, -0.05) is 17.7 Å². The van der Waals surface area contributed by atoms with E-state index in [0.717, 1.165) is 43.5 Å². The van der Waals surface area contributed by atoms with Crippen LogP contribution in [0.25, 0.3) is 0 Å². The van der Waals surface area contributed by atoms with Crippen molar-refractivity contribution in [2.75, 3.05) is 18.1 Å². The Balaban J connectivity index is 2.21. The van der Waals surface area contributed by atoms with E-state index in [-0.39, 0.29) is 13.2 Å². The summed E-state index contributed by atoms with van der Waals surface area (Å²) in [4.78, 5) is 2.33. The lowest BCUT2D eigenvalue weighted by atomic mass is 10.1. The lowest BCUT2D eigenvalue weighted by Crippen LogP contribution is -2.30. The second-order valence-corrected chi connectivity index (χ2v) is 5.16. The van der Waals surface area contributed by atoms with Crippen molar-refractivity contribution in [3.8, 4) is 0 Å². The number of aliphatic hydroxyl groups is 2. The Labute approximate surface area is 113 Å². The molecule has 1 aromatic carbocycles. The first kappa shape index (κ1) is 13.7. The molecule has 2 rings (SSSR count). The van der Waals surface area contributed by atoms with E-state index in [4.69, 9.17) is 16.7 Å². The normalized spacial score (nSPS) is 19.5. The lowest BCUT2D eigenvalue weighted by molar-refractivity contribution is 0.278. The van der Waals surface area contributed by atoms with Gasteiger partial charge in [-0.15, -0.1) is 0 Å². The van der Waals surface area contributed by atoms with Crippen LogP contribution in [0.5, 0.6) is 0 Å². The fraction of sp³-hybridized carbons (Fsp3) is 0.571. The van der Waals surface area contributed by atoms with Gasteiger partial charge in [-0.25, -0.2) is 0 Å². The highest BCUT2D eigenvalue weighted by molar-refractivity contribution is 6.31. The summed E-state index contributed by atoms with van der Waals surface area (Å²) >= 11 is 6.13. The summed E-state index contributed by atoms with van der Waals surface area (Å²) in [5.41, 5.74) is 1.86. The van der Waals surface area contributed by atoms with Crippen molar-refractivity contribution in [2.45, 2.75) is 38.3 Å². The van der Waals surface area contributed by atoms with E-state index in [1.54, 1.807) is 0 Å². The van der Waals surface area contributed by atoms with Crippen molar-refractivity contribution in [3.63, 3.8) is 0 Å². The zero-order valence-electron chi connectivity index (χ0n) is 10.5. The molecule has 3 nitrogen and oxygen atoms in total. The molecule has 1 aliphatic rings. The minimum Gasteiger partial charge on any atom is -0.396 e. The molecule has 1 aromatic rings. The predicted octanol–water partition coefficient (Wildman–Crippen LogP) is 2.57. The van der Waals surface area contributed by atoms with Crippen LogP contribution in [0.4, 0.5) is 5.69 Å². The standard InChI is InChI=1S/C14H20ClNO2/c15-13-6-1-7-14(12(13)10-18)16-8-2-4-11(16)5-3-9-17/h1,6-7,11,17-18H,2-5,8-10H2. The third kappa shape index (κ3) is 2.79. The molecule has 0 radical (unpaired) electrons. The maximum atomic E-state index is 9.47. The van der Waals surface area contributed by atoms with Gasteiger partial charge in [0.05, 0.1) is 6.61 Å². The SMILES string of the molecule is OCCCC1CCCN1c1cccc(Cl)c1CO. The van der Waals surface area contributed by atoms with Gasteiger partial charge in [0.25, 0.3) is 0 Å². The van der Waals surface area contributed by atoms with Gasteiger partial charge in [0.2, 0.25) is 0 Å². The smallest absolute Gasteiger partial charge is 0.0716 e. The highest BCUT2D eigenvalue weighted by atomic mass is 35.5. The van der Waals surface area contributed by atoms with Crippen LogP contribution < -0.4 is 4.90 Å². The number of nitrogens with zero attached hydrogens (tertiary/aromatic N) is 1. The number of anilines is 1. The quantitative estimate of drug-likeness (QED) is 0.864. The topological polar surface area (TPSA) is 43.7 Å². The Bertz CT molecular complexity index is 397. The molecule has 4 heteroatoms. The minimum absolute atomic E-state index is 0.0295. The van der Waals surface area contributed by atoms with Crippen LogP contribution >= 0.6 is 11.6 Å². The van der Waals surface area contributed by atoms with Crippen LogP contribution in [0.3, 0.4) is 0 Å². The first-order chi connectivity index (χ1) is 8.77. The van der Waals surface area contributed by atoms with E-state index in [2.05, 4.69) is 4.90 Å². The number of halogens is 1. The van der Waals surface area contributed by atoms with Crippen LogP contribution in [0, 0.1) is 0 Å². The molecular formula is C14H20ClNO2. The van der Waals surface area contributed by atoms with Crippen molar-refractivity contribution < 1.29 is 10.2 Å². The number of hydrogen-bond donors (Lipinski definition) is 2. The van der Waals surface area contributed by atoms with Gasteiger partial charge >= 0.3 is 0 Å². The maximum Gasteiger partial charge on any atom is 0.0716 e. The molecule has 1 atom stereocenters. The van der Waals surface area contributed by atoms with E-state index < -0.39 is 0 Å². The molecule has 0 amide bonds. The molecule has 0 aromatic heterocycles. The molecule has 2 N–H and O–H groups in total. The van der Waals surface area contributed by atoms with Crippen LogP contribution in [-0.4, -0.2) is 29.4 Å². The summed E-state index contributed by atoms with van der Waals surface area (Å²) in [6.07, 6.45) is 4.13. The molecule has 18 heavy (non-hydrogen) atoms. The van der Waals surface area contributed by atoms with Gasteiger partial charge < -0.3 is 15.1 Å². The molecule has 100 valence electrons. The highest BCUT2D eigenvalue weighted by Crippen LogP contribution is 2.33. The molecule has 0 aliphatic carbocycles. The summed E-state index contributed by atoms with van der Waals surface area (Å²) in [7, 11) is 0. The molecule has 0 saturated carbocycles. The van der Waals surface area contributed by atoms with E-state index in [0.29, 0.717) is 11.1 Å². The van der Waals surface area contributed by atoms with Crippen molar-refractivity contribution >= 4 is 17.3 Å². The Hall–Kier alpha value is -0.770. The third-order valence-electron chi connectivity index (χ3n) is 3.63. The first-order valence-electron chi connectivity index (χ1n) is 6.53. The Kier molecular flexibility index (Phi) is 4.87. The summed E-state index contributed by atoms with van der Waals surface area (Å²) in [5.74, 6) is 0. The van der Waals surface area contributed by atoms with Crippen molar-refractivity contribution in [3.05, 3.63) is 28.8 Å². The Morgan fingerprint density at radius 3 is 2.89 bits per heavy atom. The average Bonchev–Trinajstić information content (AvgIpc) is 2.84. The molecular weight excluding hydrogens is 250 g/mol. The van der Waals surface area contributed by atoms with E-state index in [1.165, 1.54) is 0 Å². The van der Waals surface area contributed by atoms with Gasteiger partial charge in [-0.2, -0.15) is 0 Å². The third-order valence-corrected chi connectivity index (χ3v) is 3.99. The highest BCUT2D eigenvalue weighted by Gasteiger charge is 2.26. The van der Waals surface area contributed by atoms with Crippen LogP contribution in [-0.2, 0) is 6.61 Å². The van der Waals surface area contributed by atoms with Crippen molar-refractivity contribution in [2.24, 2.45) is 0 Å². The second kappa shape index (κ2) is 6.41. The molecule has 0 bridgehead atoms. The largest absolute Gasteiger partial charge is 0.396 e. The van der Waals surface area contributed by atoms with Gasteiger partial charge in [0, 0.05) is 35.5 Å². The number of rotatable bonds is 5. The number of hydrogen-bond acceptors (Lipinski definition) is 3. The summed E-state index contributed by atoms with van der Waals surface area (Å²) in [6, 6.07) is 6.23. The van der Waals surface area contributed by atoms with Crippen molar-refractivity contribution in [1.29, 1.82) is 0 Å². The van der Waals surface area contributed by atoms with Gasteiger partial charge in [-0.05, 0) is 37.8 Å². The fourth-order valence-corrected chi connectivity index (χ4v) is 2.98. The van der Waals surface area contributed by atoms with Crippen molar-refractivity contribution in [1.82, 2.24) is 0 Å². The van der Waals surface area contributed by atoms with E-state index in [1.807, 2.05) is 18.2 Å². The van der Waals surface area contributed by atoms with E-state index in [9.17, 15) is 5.11 Å². The van der Waals surface area contributed by atoms with Crippen LogP contribution in [0.1, 0.15) is 31.2 Å². The average molecular weight is 270 g/mol. The van der Waals surface area contributed by atoms with Gasteiger partial charge in [-0.3, -0.25) is 0 Å². The number of aliphatic hydroxyl groups excluding tert-OH is 2. The Morgan fingerprint density at radius 1 is 1.33 bits per heavy atom. The lowest BCUT2D eigenvalue weighted by Gasteiger charge is -2.29. The molecule has 1 aliphatic heterocycles. The number of benzene rings is 1. The maximum absolute atomic E-state index is 9.47. The fourth-order valence-electron chi connectivity index (χ4n) is 2.75. The van der Waals surface area contributed by atoms with E-state index >= 15 is 0 Å². The van der Waals surface area contributed by atoms with Gasteiger partial charge in [0.1, 0.15) is 0 Å². The molecule has 1 unspecified atom stereocenters. The summed E-state index contributed by atoms with van der Waals surface area (Å²) in [6.45, 7) is 1.22. The molecule has 0 spiro atoms. The minimum atomic E-state index is -0.0295.